The average molecular weight is 285 g/mol. The van der Waals surface area contributed by atoms with Crippen molar-refractivity contribution >= 4 is 11.3 Å². The molecule has 1 aromatic carbocycles. The van der Waals surface area contributed by atoms with Crippen LogP contribution in [0.25, 0.3) is 16.4 Å². The first-order valence-corrected chi connectivity index (χ1v) is 7.38. The van der Waals surface area contributed by atoms with E-state index >= 15 is 0 Å². The summed E-state index contributed by atoms with van der Waals surface area (Å²) < 4.78 is 0. The van der Waals surface area contributed by atoms with Gasteiger partial charge in [0.2, 0.25) is 0 Å². The van der Waals surface area contributed by atoms with E-state index in [4.69, 9.17) is 0 Å². The second-order valence-electron chi connectivity index (χ2n) is 4.28. The molecule has 1 N–H and O–H groups in total. The molecule has 2 heterocycles. The lowest BCUT2D eigenvalue weighted by molar-refractivity contribution is 0.714. The summed E-state index contributed by atoms with van der Waals surface area (Å²) in [6.07, 6.45) is 1.75. The molecule has 0 saturated heterocycles. The van der Waals surface area contributed by atoms with Gasteiger partial charge in [0.05, 0.1) is 17.6 Å². The van der Waals surface area contributed by atoms with Gasteiger partial charge in [0.1, 0.15) is 10.7 Å². The van der Waals surface area contributed by atoms with E-state index in [0.717, 1.165) is 35.2 Å². The Labute approximate surface area is 121 Å². The molecule has 0 bridgehead atoms. The van der Waals surface area contributed by atoms with E-state index in [1.165, 1.54) is 0 Å². The fourth-order valence-corrected chi connectivity index (χ4v) is 2.57. The molecule has 2 aromatic heterocycles. The summed E-state index contributed by atoms with van der Waals surface area (Å²) >= 11 is 1.59. The van der Waals surface area contributed by atoms with E-state index in [2.05, 4.69) is 32.8 Å². The van der Waals surface area contributed by atoms with Crippen molar-refractivity contribution in [2.24, 2.45) is 0 Å². The molecule has 0 aliphatic rings. The molecule has 0 amide bonds. The Morgan fingerprint density at radius 3 is 2.90 bits per heavy atom. The Bertz CT molecular complexity index is 674. The van der Waals surface area contributed by atoms with Gasteiger partial charge in [-0.3, -0.25) is 0 Å². The SMILES string of the molecule is CCNCc1csc(-c2cnn(-c3ccccc3)n2)n1. The Balaban J connectivity index is 1.81. The summed E-state index contributed by atoms with van der Waals surface area (Å²) in [6, 6.07) is 9.86. The van der Waals surface area contributed by atoms with Crippen LogP contribution < -0.4 is 5.32 Å². The normalized spacial score (nSPS) is 10.8. The van der Waals surface area contributed by atoms with Crippen molar-refractivity contribution in [1.29, 1.82) is 0 Å². The number of para-hydroxylation sites is 1. The van der Waals surface area contributed by atoms with Crippen LogP contribution in [0.15, 0.2) is 41.9 Å². The molecule has 3 aromatic rings. The van der Waals surface area contributed by atoms with Crippen LogP contribution in [0.4, 0.5) is 0 Å². The highest BCUT2D eigenvalue weighted by atomic mass is 32.1. The lowest BCUT2D eigenvalue weighted by Crippen LogP contribution is -2.11. The number of hydrogen-bond acceptors (Lipinski definition) is 5. The standard InChI is InChI=1S/C14H15N5S/c1-2-15-8-11-10-20-14(17-11)13-9-16-19(18-13)12-6-4-3-5-7-12/h3-7,9-10,15H,2,8H2,1H3. The van der Waals surface area contributed by atoms with E-state index in [0.29, 0.717) is 0 Å². The zero-order chi connectivity index (χ0) is 13.8. The van der Waals surface area contributed by atoms with Crippen molar-refractivity contribution in [2.75, 3.05) is 6.54 Å². The number of aromatic nitrogens is 4. The maximum Gasteiger partial charge on any atom is 0.145 e. The van der Waals surface area contributed by atoms with Crippen LogP contribution in [0.3, 0.4) is 0 Å². The predicted molar refractivity (Wildman–Crippen MR) is 79.8 cm³/mol. The highest BCUT2D eigenvalue weighted by Gasteiger charge is 2.09. The molecule has 0 spiro atoms. The van der Waals surface area contributed by atoms with E-state index in [-0.39, 0.29) is 0 Å². The summed E-state index contributed by atoms with van der Waals surface area (Å²) in [7, 11) is 0. The van der Waals surface area contributed by atoms with Crippen LogP contribution in [-0.2, 0) is 6.54 Å². The molecular weight excluding hydrogens is 270 g/mol. The molecule has 0 atom stereocenters. The molecule has 0 radical (unpaired) electrons. The quantitative estimate of drug-likeness (QED) is 0.782. The molecule has 20 heavy (non-hydrogen) atoms. The van der Waals surface area contributed by atoms with Gasteiger partial charge < -0.3 is 5.32 Å². The van der Waals surface area contributed by atoms with Gasteiger partial charge in [0.15, 0.2) is 0 Å². The van der Waals surface area contributed by atoms with Gasteiger partial charge in [-0.2, -0.15) is 9.90 Å². The van der Waals surface area contributed by atoms with Crippen LogP contribution >= 0.6 is 11.3 Å². The van der Waals surface area contributed by atoms with Crippen LogP contribution in [0, 0.1) is 0 Å². The third-order valence-corrected chi connectivity index (χ3v) is 3.72. The molecule has 6 heteroatoms. The fraction of sp³-hybridized carbons (Fsp3) is 0.214. The number of nitrogens with zero attached hydrogens (tertiary/aromatic N) is 4. The van der Waals surface area contributed by atoms with Crippen molar-refractivity contribution in [3.8, 4) is 16.4 Å². The van der Waals surface area contributed by atoms with E-state index < -0.39 is 0 Å². The minimum absolute atomic E-state index is 0.791. The maximum atomic E-state index is 4.57. The summed E-state index contributed by atoms with van der Waals surface area (Å²) in [4.78, 5) is 6.19. The monoisotopic (exact) mass is 285 g/mol. The van der Waals surface area contributed by atoms with Crippen molar-refractivity contribution < 1.29 is 0 Å². The van der Waals surface area contributed by atoms with Gasteiger partial charge in [-0.15, -0.1) is 16.4 Å². The molecular formula is C14H15N5S. The van der Waals surface area contributed by atoms with Crippen LogP contribution in [0.1, 0.15) is 12.6 Å². The second kappa shape index (κ2) is 5.94. The third kappa shape index (κ3) is 2.76. The molecule has 0 aliphatic heterocycles. The van der Waals surface area contributed by atoms with E-state index in [1.54, 1.807) is 22.3 Å². The minimum atomic E-state index is 0.791. The molecule has 102 valence electrons. The second-order valence-corrected chi connectivity index (χ2v) is 5.14. The number of benzene rings is 1. The molecule has 3 rings (SSSR count). The third-order valence-electron chi connectivity index (χ3n) is 2.81. The number of rotatable bonds is 5. The van der Waals surface area contributed by atoms with E-state index in [1.807, 2.05) is 30.3 Å². The maximum absolute atomic E-state index is 4.57. The number of nitrogens with one attached hydrogen (secondary N) is 1. The Hall–Kier alpha value is -2.05. The highest BCUT2D eigenvalue weighted by molar-refractivity contribution is 7.13. The van der Waals surface area contributed by atoms with Gasteiger partial charge in [-0.25, -0.2) is 4.98 Å². The first kappa shape index (κ1) is 13.0. The first-order chi connectivity index (χ1) is 9.86. The van der Waals surface area contributed by atoms with Gasteiger partial charge in [0.25, 0.3) is 0 Å². The van der Waals surface area contributed by atoms with Crippen molar-refractivity contribution in [3.05, 3.63) is 47.6 Å². The van der Waals surface area contributed by atoms with Gasteiger partial charge in [-0.1, -0.05) is 25.1 Å². The molecule has 0 saturated carbocycles. The first-order valence-electron chi connectivity index (χ1n) is 6.50. The Kier molecular flexibility index (Phi) is 3.85. The number of hydrogen-bond donors (Lipinski definition) is 1. The van der Waals surface area contributed by atoms with Crippen LogP contribution in [0.2, 0.25) is 0 Å². The molecule has 0 unspecified atom stereocenters. The zero-order valence-corrected chi connectivity index (χ0v) is 12.0. The Morgan fingerprint density at radius 1 is 1.25 bits per heavy atom. The van der Waals surface area contributed by atoms with Gasteiger partial charge in [0, 0.05) is 11.9 Å². The largest absolute Gasteiger partial charge is 0.311 e. The van der Waals surface area contributed by atoms with Gasteiger partial charge in [-0.05, 0) is 18.7 Å². The van der Waals surface area contributed by atoms with Crippen molar-refractivity contribution in [2.45, 2.75) is 13.5 Å². The summed E-state index contributed by atoms with van der Waals surface area (Å²) in [6.45, 7) is 3.82. The fourth-order valence-electron chi connectivity index (χ4n) is 1.81. The predicted octanol–water partition coefficient (Wildman–Crippen LogP) is 2.50. The van der Waals surface area contributed by atoms with Crippen molar-refractivity contribution in [1.82, 2.24) is 25.3 Å². The smallest absolute Gasteiger partial charge is 0.145 e. The van der Waals surface area contributed by atoms with Crippen LogP contribution in [0.5, 0.6) is 0 Å². The molecule has 0 aliphatic carbocycles. The van der Waals surface area contributed by atoms with Crippen molar-refractivity contribution in [3.63, 3.8) is 0 Å². The molecule has 5 nitrogen and oxygen atoms in total. The Morgan fingerprint density at radius 2 is 2.10 bits per heavy atom. The summed E-state index contributed by atoms with van der Waals surface area (Å²) in [5, 5.41) is 15.0. The summed E-state index contributed by atoms with van der Waals surface area (Å²) in [5.74, 6) is 0. The number of thiazole rings is 1. The minimum Gasteiger partial charge on any atom is -0.311 e. The van der Waals surface area contributed by atoms with E-state index in [9.17, 15) is 0 Å². The lowest BCUT2D eigenvalue weighted by atomic mass is 10.3. The van der Waals surface area contributed by atoms with Crippen LogP contribution in [-0.4, -0.2) is 26.5 Å². The highest BCUT2D eigenvalue weighted by Crippen LogP contribution is 2.21. The average Bonchev–Trinajstić information content (AvgIpc) is 3.15. The van der Waals surface area contributed by atoms with Gasteiger partial charge >= 0.3 is 0 Å². The molecule has 0 fully saturated rings. The summed E-state index contributed by atoms with van der Waals surface area (Å²) in [5.41, 5.74) is 2.80. The zero-order valence-electron chi connectivity index (χ0n) is 11.2. The topological polar surface area (TPSA) is 55.6 Å². The lowest BCUT2D eigenvalue weighted by Gasteiger charge is -1.97.